The van der Waals surface area contributed by atoms with Gasteiger partial charge in [0.15, 0.2) is 11.5 Å². The van der Waals surface area contributed by atoms with Crippen LogP contribution in [0, 0.1) is 0 Å². The molecule has 0 fully saturated rings. The molecule has 0 amide bonds. The molecular formula is C12H10BrNO2. The molecule has 0 spiro atoms. The molecule has 0 N–H and O–H groups in total. The zero-order valence-electron chi connectivity index (χ0n) is 8.68. The first-order valence-corrected chi connectivity index (χ1v) is 5.51. The molecule has 2 aromatic rings. The largest absolute Gasteiger partial charge is 0.493 e. The van der Waals surface area contributed by atoms with Crippen LogP contribution in [0.25, 0.3) is 0 Å². The Hall–Kier alpha value is -1.55. The Morgan fingerprint density at radius 2 is 1.81 bits per heavy atom. The van der Waals surface area contributed by atoms with E-state index in [-0.39, 0.29) is 0 Å². The van der Waals surface area contributed by atoms with Crippen LogP contribution in [-0.4, -0.2) is 12.1 Å². The number of rotatable bonds is 3. The second-order valence-electron chi connectivity index (χ2n) is 3.07. The monoisotopic (exact) mass is 279 g/mol. The number of pyridine rings is 1. The van der Waals surface area contributed by atoms with E-state index in [2.05, 4.69) is 20.9 Å². The molecule has 1 heterocycles. The highest BCUT2D eigenvalue weighted by Crippen LogP contribution is 2.30. The standard InChI is InChI=1S/C12H10BrNO2/c1-15-10-4-2-3-5-11(10)16-12-7-6-9(13)8-14-12/h2-8H,1H3. The van der Waals surface area contributed by atoms with E-state index in [4.69, 9.17) is 9.47 Å². The zero-order valence-corrected chi connectivity index (χ0v) is 10.3. The second kappa shape index (κ2) is 4.99. The molecule has 0 saturated carbocycles. The molecule has 0 aliphatic carbocycles. The summed E-state index contributed by atoms with van der Waals surface area (Å²) in [6.45, 7) is 0. The fourth-order valence-electron chi connectivity index (χ4n) is 1.24. The van der Waals surface area contributed by atoms with E-state index in [1.807, 2.05) is 30.3 Å². The van der Waals surface area contributed by atoms with Crippen LogP contribution in [0.5, 0.6) is 17.4 Å². The first-order chi connectivity index (χ1) is 7.79. The van der Waals surface area contributed by atoms with E-state index in [9.17, 15) is 0 Å². The minimum Gasteiger partial charge on any atom is -0.493 e. The minimum atomic E-state index is 0.535. The molecule has 0 saturated heterocycles. The summed E-state index contributed by atoms with van der Waals surface area (Å²) < 4.78 is 11.7. The van der Waals surface area contributed by atoms with Crippen LogP contribution in [0.15, 0.2) is 47.1 Å². The molecule has 16 heavy (non-hydrogen) atoms. The van der Waals surface area contributed by atoms with Crippen LogP contribution in [-0.2, 0) is 0 Å². The van der Waals surface area contributed by atoms with Crippen molar-refractivity contribution in [3.63, 3.8) is 0 Å². The van der Waals surface area contributed by atoms with Crippen molar-refractivity contribution >= 4 is 15.9 Å². The van der Waals surface area contributed by atoms with Crippen LogP contribution in [0.3, 0.4) is 0 Å². The molecule has 4 heteroatoms. The summed E-state index contributed by atoms with van der Waals surface area (Å²) in [7, 11) is 1.61. The Balaban J connectivity index is 2.23. The van der Waals surface area contributed by atoms with Crippen LogP contribution >= 0.6 is 15.9 Å². The number of hydrogen-bond donors (Lipinski definition) is 0. The van der Waals surface area contributed by atoms with E-state index < -0.39 is 0 Å². The molecule has 1 aromatic carbocycles. The fourth-order valence-corrected chi connectivity index (χ4v) is 1.47. The summed E-state index contributed by atoms with van der Waals surface area (Å²) in [5.74, 6) is 1.87. The van der Waals surface area contributed by atoms with Gasteiger partial charge in [-0.1, -0.05) is 12.1 Å². The van der Waals surface area contributed by atoms with Gasteiger partial charge in [0.05, 0.1) is 7.11 Å². The predicted molar refractivity (Wildman–Crippen MR) is 65.0 cm³/mol. The lowest BCUT2D eigenvalue weighted by atomic mass is 10.3. The second-order valence-corrected chi connectivity index (χ2v) is 3.98. The molecule has 0 aliphatic heterocycles. The molecule has 3 nitrogen and oxygen atoms in total. The van der Waals surface area contributed by atoms with Crippen molar-refractivity contribution < 1.29 is 9.47 Å². The SMILES string of the molecule is COc1ccccc1Oc1ccc(Br)cn1. The summed E-state index contributed by atoms with van der Waals surface area (Å²) in [6.07, 6.45) is 1.69. The smallest absolute Gasteiger partial charge is 0.219 e. The number of benzene rings is 1. The van der Waals surface area contributed by atoms with E-state index in [0.717, 1.165) is 4.47 Å². The van der Waals surface area contributed by atoms with Crippen LogP contribution in [0.2, 0.25) is 0 Å². The van der Waals surface area contributed by atoms with E-state index >= 15 is 0 Å². The highest BCUT2D eigenvalue weighted by Gasteiger charge is 2.04. The topological polar surface area (TPSA) is 31.4 Å². The van der Waals surface area contributed by atoms with Crippen molar-refractivity contribution in [2.45, 2.75) is 0 Å². The quantitative estimate of drug-likeness (QED) is 0.860. The summed E-state index contributed by atoms with van der Waals surface area (Å²) in [4.78, 5) is 4.12. The summed E-state index contributed by atoms with van der Waals surface area (Å²) >= 11 is 3.32. The van der Waals surface area contributed by atoms with E-state index in [1.54, 1.807) is 19.4 Å². The van der Waals surface area contributed by atoms with Gasteiger partial charge in [0.1, 0.15) is 0 Å². The first kappa shape index (κ1) is 11.0. The van der Waals surface area contributed by atoms with Crippen molar-refractivity contribution in [3.05, 3.63) is 47.1 Å². The lowest BCUT2D eigenvalue weighted by Crippen LogP contribution is -1.91. The maximum absolute atomic E-state index is 5.60. The van der Waals surface area contributed by atoms with Crippen molar-refractivity contribution in [2.75, 3.05) is 7.11 Å². The molecule has 0 bridgehead atoms. The van der Waals surface area contributed by atoms with E-state index in [0.29, 0.717) is 17.4 Å². The molecule has 82 valence electrons. The van der Waals surface area contributed by atoms with Crippen LogP contribution < -0.4 is 9.47 Å². The number of ether oxygens (including phenoxy) is 2. The number of nitrogens with zero attached hydrogens (tertiary/aromatic N) is 1. The number of methoxy groups -OCH3 is 1. The number of para-hydroxylation sites is 2. The summed E-state index contributed by atoms with van der Waals surface area (Å²) in [6, 6.07) is 11.1. The summed E-state index contributed by atoms with van der Waals surface area (Å²) in [5.41, 5.74) is 0. The van der Waals surface area contributed by atoms with Gasteiger partial charge in [-0.25, -0.2) is 4.98 Å². The van der Waals surface area contributed by atoms with Gasteiger partial charge in [0, 0.05) is 16.7 Å². The molecule has 0 aliphatic rings. The molecule has 1 aromatic heterocycles. The predicted octanol–water partition coefficient (Wildman–Crippen LogP) is 3.65. The Labute approximate surface area is 102 Å². The van der Waals surface area contributed by atoms with Crippen molar-refractivity contribution in [1.29, 1.82) is 0 Å². The first-order valence-electron chi connectivity index (χ1n) is 4.72. The Bertz CT molecular complexity index is 471. The van der Waals surface area contributed by atoms with Crippen molar-refractivity contribution in [2.24, 2.45) is 0 Å². The van der Waals surface area contributed by atoms with Crippen LogP contribution in [0.1, 0.15) is 0 Å². The van der Waals surface area contributed by atoms with Gasteiger partial charge in [-0.15, -0.1) is 0 Å². The lowest BCUT2D eigenvalue weighted by Gasteiger charge is -2.08. The molecule has 0 unspecified atom stereocenters. The zero-order chi connectivity index (χ0) is 11.4. The van der Waals surface area contributed by atoms with Gasteiger partial charge < -0.3 is 9.47 Å². The van der Waals surface area contributed by atoms with Crippen molar-refractivity contribution in [3.8, 4) is 17.4 Å². The third-order valence-electron chi connectivity index (χ3n) is 1.98. The highest BCUT2D eigenvalue weighted by molar-refractivity contribution is 9.10. The fraction of sp³-hybridized carbons (Fsp3) is 0.0833. The van der Waals surface area contributed by atoms with Gasteiger partial charge >= 0.3 is 0 Å². The number of hydrogen-bond acceptors (Lipinski definition) is 3. The number of aromatic nitrogens is 1. The van der Waals surface area contributed by atoms with Crippen LogP contribution in [0.4, 0.5) is 0 Å². The Morgan fingerprint density at radius 3 is 2.44 bits per heavy atom. The normalized spacial score (nSPS) is 9.88. The third kappa shape index (κ3) is 2.52. The van der Waals surface area contributed by atoms with Gasteiger partial charge in [-0.3, -0.25) is 0 Å². The molecule has 2 rings (SSSR count). The van der Waals surface area contributed by atoms with Crippen molar-refractivity contribution in [1.82, 2.24) is 4.98 Å². The molecule has 0 radical (unpaired) electrons. The van der Waals surface area contributed by atoms with Gasteiger partial charge in [-0.2, -0.15) is 0 Å². The maximum atomic E-state index is 5.60. The Kier molecular flexibility index (Phi) is 3.41. The summed E-state index contributed by atoms with van der Waals surface area (Å²) in [5, 5.41) is 0. The lowest BCUT2D eigenvalue weighted by molar-refractivity contribution is 0.374. The molecular weight excluding hydrogens is 270 g/mol. The van der Waals surface area contributed by atoms with E-state index in [1.165, 1.54) is 0 Å². The molecule has 0 atom stereocenters. The maximum Gasteiger partial charge on any atom is 0.219 e. The number of halogens is 1. The Morgan fingerprint density at radius 1 is 1.06 bits per heavy atom. The average molecular weight is 280 g/mol. The minimum absolute atomic E-state index is 0.535. The highest BCUT2D eigenvalue weighted by atomic mass is 79.9. The third-order valence-corrected chi connectivity index (χ3v) is 2.45. The average Bonchev–Trinajstić information content (AvgIpc) is 2.33. The van der Waals surface area contributed by atoms with Gasteiger partial charge in [0.2, 0.25) is 5.88 Å². The van der Waals surface area contributed by atoms with Gasteiger partial charge in [-0.05, 0) is 34.1 Å². The van der Waals surface area contributed by atoms with Gasteiger partial charge in [0.25, 0.3) is 0 Å².